The van der Waals surface area contributed by atoms with Crippen LogP contribution in [0.4, 0.5) is 0 Å². The number of benzene rings is 1. The lowest BCUT2D eigenvalue weighted by Crippen LogP contribution is -2.03. The van der Waals surface area contributed by atoms with Crippen LogP contribution >= 0.6 is 15.9 Å². The van der Waals surface area contributed by atoms with Crippen LogP contribution in [0.5, 0.6) is 11.5 Å². The second-order valence-electron chi connectivity index (χ2n) is 4.44. The summed E-state index contributed by atoms with van der Waals surface area (Å²) in [5.74, 6) is 1.40. The summed E-state index contributed by atoms with van der Waals surface area (Å²) in [7, 11) is 0. The van der Waals surface area contributed by atoms with Crippen molar-refractivity contribution in [1.29, 1.82) is 0 Å². The van der Waals surface area contributed by atoms with Gasteiger partial charge >= 0.3 is 0 Å². The number of hydrogen-bond acceptors (Lipinski definition) is 4. The number of carbonyl (C=O) groups is 1. The molecule has 0 spiro atoms. The molecule has 110 valence electrons. The number of rotatable bonds is 6. The summed E-state index contributed by atoms with van der Waals surface area (Å²) in [5.41, 5.74) is 1.48. The van der Waals surface area contributed by atoms with Crippen molar-refractivity contribution in [2.45, 2.75) is 20.5 Å². The average Bonchev–Trinajstić information content (AvgIpc) is 2.46. The van der Waals surface area contributed by atoms with Crippen LogP contribution in [0.2, 0.25) is 0 Å². The van der Waals surface area contributed by atoms with Crippen molar-refractivity contribution < 1.29 is 14.3 Å². The monoisotopic (exact) mass is 349 g/mol. The van der Waals surface area contributed by atoms with Gasteiger partial charge in [0.15, 0.2) is 5.78 Å². The summed E-state index contributed by atoms with van der Waals surface area (Å²) >= 11 is 3.35. The summed E-state index contributed by atoms with van der Waals surface area (Å²) < 4.78 is 12.1. The van der Waals surface area contributed by atoms with E-state index in [1.54, 1.807) is 37.5 Å². The molecule has 0 saturated heterocycles. The number of halogens is 1. The molecule has 0 unspecified atom stereocenters. The third-order valence-corrected chi connectivity index (χ3v) is 3.27. The van der Waals surface area contributed by atoms with Gasteiger partial charge in [0, 0.05) is 21.8 Å². The van der Waals surface area contributed by atoms with Gasteiger partial charge in [0.25, 0.3) is 0 Å². The highest BCUT2D eigenvalue weighted by Crippen LogP contribution is 2.23. The summed E-state index contributed by atoms with van der Waals surface area (Å²) in [6.07, 6.45) is 3.33. The molecule has 1 aromatic carbocycles. The molecule has 1 heterocycles. The highest BCUT2D eigenvalue weighted by atomic mass is 79.9. The number of pyridine rings is 1. The fraction of sp³-hybridized carbons (Fsp3) is 0.250. The Morgan fingerprint density at radius 3 is 2.71 bits per heavy atom. The fourth-order valence-corrected chi connectivity index (χ4v) is 2.18. The molecule has 1 aromatic heterocycles. The maximum absolute atomic E-state index is 11.5. The molecule has 0 aliphatic rings. The first-order valence-corrected chi connectivity index (χ1v) is 7.39. The van der Waals surface area contributed by atoms with Crippen molar-refractivity contribution in [2.24, 2.45) is 0 Å². The predicted octanol–water partition coefficient (Wildman–Crippen LogP) is 4.02. The minimum absolute atomic E-state index is 0.0171. The van der Waals surface area contributed by atoms with E-state index in [-0.39, 0.29) is 5.78 Å². The Kier molecular flexibility index (Phi) is 5.33. The van der Waals surface area contributed by atoms with Crippen LogP contribution in [-0.4, -0.2) is 17.4 Å². The molecule has 0 N–H and O–H groups in total. The zero-order valence-corrected chi connectivity index (χ0v) is 13.5. The first-order chi connectivity index (χ1) is 10.1. The molecule has 2 rings (SSSR count). The zero-order chi connectivity index (χ0) is 15.2. The van der Waals surface area contributed by atoms with E-state index < -0.39 is 0 Å². The SMILES string of the molecule is CCOc1ccc(C(C)=O)cc1COc1cncc(Br)c1. The van der Waals surface area contributed by atoms with Crippen molar-refractivity contribution in [3.8, 4) is 11.5 Å². The van der Waals surface area contributed by atoms with Gasteiger partial charge in [-0.05, 0) is 54.0 Å². The summed E-state index contributed by atoms with van der Waals surface area (Å²) in [5, 5.41) is 0. The topological polar surface area (TPSA) is 48.4 Å². The van der Waals surface area contributed by atoms with Gasteiger partial charge in [-0.25, -0.2) is 0 Å². The molecule has 0 radical (unpaired) electrons. The van der Waals surface area contributed by atoms with Gasteiger partial charge in [-0.3, -0.25) is 9.78 Å². The third kappa shape index (κ3) is 4.29. The largest absolute Gasteiger partial charge is 0.493 e. The second-order valence-corrected chi connectivity index (χ2v) is 5.35. The van der Waals surface area contributed by atoms with Gasteiger partial charge in [0.1, 0.15) is 18.1 Å². The van der Waals surface area contributed by atoms with Crippen LogP contribution in [0.15, 0.2) is 41.1 Å². The Labute approximate surface area is 132 Å². The highest BCUT2D eigenvalue weighted by molar-refractivity contribution is 9.10. The number of nitrogens with zero attached hydrogens (tertiary/aromatic N) is 1. The maximum atomic E-state index is 11.5. The van der Waals surface area contributed by atoms with Crippen molar-refractivity contribution in [2.75, 3.05) is 6.61 Å². The van der Waals surface area contributed by atoms with Gasteiger partial charge in [-0.2, -0.15) is 0 Å². The van der Waals surface area contributed by atoms with E-state index in [1.807, 2.05) is 13.0 Å². The van der Waals surface area contributed by atoms with Gasteiger partial charge in [-0.1, -0.05) is 0 Å². The molecular weight excluding hydrogens is 334 g/mol. The number of carbonyl (C=O) groups excluding carboxylic acids is 1. The number of aromatic nitrogens is 1. The normalized spacial score (nSPS) is 10.2. The third-order valence-electron chi connectivity index (χ3n) is 2.84. The van der Waals surface area contributed by atoms with Crippen LogP contribution in [0, 0.1) is 0 Å². The molecule has 0 saturated carbocycles. The summed E-state index contributed by atoms with van der Waals surface area (Å²) in [6, 6.07) is 7.20. The Balaban J connectivity index is 2.20. The molecule has 4 nitrogen and oxygen atoms in total. The standard InChI is InChI=1S/C16H16BrNO3/c1-3-20-16-5-4-12(11(2)19)6-13(16)10-21-15-7-14(17)8-18-9-15/h4-9H,3,10H2,1-2H3. The molecule has 0 aliphatic carbocycles. The van der Waals surface area contributed by atoms with Gasteiger partial charge in [0.2, 0.25) is 0 Å². The highest BCUT2D eigenvalue weighted by Gasteiger charge is 2.09. The van der Waals surface area contributed by atoms with Gasteiger partial charge < -0.3 is 9.47 Å². The lowest BCUT2D eigenvalue weighted by atomic mass is 10.1. The molecule has 0 atom stereocenters. The van der Waals surface area contributed by atoms with E-state index >= 15 is 0 Å². The first-order valence-electron chi connectivity index (χ1n) is 6.60. The minimum Gasteiger partial charge on any atom is -0.493 e. The maximum Gasteiger partial charge on any atom is 0.159 e. The van der Waals surface area contributed by atoms with E-state index in [0.29, 0.717) is 24.5 Å². The molecule has 5 heteroatoms. The number of ether oxygens (including phenoxy) is 2. The number of ketones is 1. The van der Waals surface area contributed by atoms with E-state index in [0.717, 1.165) is 15.8 Å². The first kappa shape index (κ1) is 15.5. The molecular formula is C16H16BrNO3. The zero-order valence-electron chi connectivity index (χ0n) is 11.9. The Hall–Kier alpha value is -1.88. The molecule has 2 aromatic rings. The quantitative estimate of drug-likeness (QED) is 0.739. The summed E-state index contributed by atoms with van der Waals surface area (Å²) in [6.45, 7) is 4.33. The van der Waals surface area contributed by atoms with E-state index in [9.17, 15) is 4.79 Å². The van der Waals surface area contributed by atoms with Gasteiger partial charge in [-0.15, -0.1) is 0 Å². The van der Waals surface area contributed by atoms with Crippen LogP contribution in [0.25, 0.3) is 0 Å². The minimum atomic E-state index is 0.0171. The summed E-state index contributed by atoms with van der Waals surface area (Å²) in [4.78, 5) is 15.5. The second kappa shape index (κ2) is 7.22. The Bertz CT molecular complexity index is 643. The fourth-order valence-electron chi connectivity index (χ4n) is 1.84. The van der Waals surface area contributed by atoms with E-state index in [1.165, 1.54) is 0 Å². The smallest absolute Gasteiger partial charge is 0.159 e. The molecule has 0 bridgehead atoms. The Morgan fingerprint density at radius 2 is 2.05 bits per heavy atom. The number of hydrogen-bond donors (Lipinski definition) is 0. The predicted molar refractivity (Wildman–Crippen MR) is 83.9 cm³/mol. The van der Waals surface area contributed by atoms with E-state index in [4.69, 9.17) is 9.47 Å². The van der Waals surface area contributed by atoms with Crippen LogP contribution in [0.3, 0.4) is 0 Å². The van der Waals surface area contributed by atoms with Crippen molar-refractivity contribution >= 4 is 21.7 Å². The van der Waals surface area contributed by atoms with Crippen molar-refractivity contribution in [3.05, 3.63) is 52.3 Å². The molecule has 0 amide bonds. The lowest BCUT2D eigenvalue weighted by Gasteiger charge is -2.12. The van der Waals surface area contributed by atoms with Crippen molar-refractivity contribution in [3.63, 3.8) is 0 Å². The van der Waals surface area contributed by atoms with Crippen molar-refractivity contribution in [1.82, 2.24) is 4.98 Å². The van der Waals surface area contributed by atoms with E-state index in [2.05, 4.69) is 20.9 Å². The van der Waals surface area contributed by atoms with Crippen LogP contribution < -0.4 is 9.47 Å². The van der Waals surface area contributed by atoms with Crippen LogP contribution in [0.1, 0.15) is 29.8 Å². The lowest BCUT2D eigenvalue weighted by molar-refractivity contribution is 0.101. The number of Topliss-reactive ketones (excluding diaryl/α,β-unsaturated/α-hetero) is 1. The van der Waals surface area contributed by atoms with Gasteiger partial charge in [0.05, 0.1) is 12.8 Å². The molecule has 21 heavy (non-hydrogen) atoms. The average molecular weight is 350 g/mol. The Morgan fingerprint density at radius 1 is 1.24 bits per heavy atom. The molecule has 0 fully saturated rings. The van der Waals surface area contributed by atoms with Crippen LogP contribution in [-0.2, 0) is 6.61 Å². The molecule has 0 aliphatic heterocycles.